The molecule has 0 fully saturated rings. The molecule has 0 heterocycles. The SMILES string of the molecule is CC(C)CNCC(O)COCC1CC=CCC1C. The third-order valence-corrected chi connectivity index (χ3v) is 3.49. The van der Waals surface area contributed by atoms with E-state index in [1.165, 1.54) is 0 Å². The van der Waals surface area contributed by atoms with Crippen LogP contribution in [0.2, 0.25) is 0 Å². The lowest BCUT2D eigenvalue weighted by Gasteiger charge is -2.25. The molecular weight excluding hydrogens is 226 g/mol. The van der Waals surface area contributed by atoms with Gasteiger partial charge < -0.3 is 15.2 Å². The standard InChI is InChI=1S/C15H29NO2/c1-12(2)8-16-9-15(17)11-18-10-14-7-5-4-6-13(14)3/h4-5,12-17H,6-11H2,1-3H3. The fraction of sp³-hybridized carbons (Fsp3) is 0.867. The van der Waals surface area contributed by atoms with E-state index >= 15 is 0 Å². The summed E-state index contributed by atoms with van der Waals surface area (Å²) in [5.74, 6) is 1.94. The van der Waals surface area contributed by atoms with E-state index in [0.717, 1.165) is 26.0 Å². The van der Waals surface area contributed by atoms with Gasteiger partial charge in [-0.3, -0.25) is 0 Å². The molecule has 0 aromatic carbocycles. The molecule has 1 aliphatic carbocycles. The number of nitrogens with one attached hydrogen (secondary N) is 1. The third kappa shape index (κ3) is 6.53. The smallest absolute Gasteiger partial charge is 0.0897 e. The van der Waals surface area contributed by atoms with E-state index in [9.17, 15) is 5.11 Å². The summed E-state index contributed by atoms with van der Waals surface area (Å²) in [6.07, 6.45) is 6.38. The number of aliphatic hydroxyl groups excluding tert-OH is 1. The van der Waals surface area contributed by atoms with Gasteiger partial charge in [0.2, 0.25) is 0 Å². The zero-order valence-corrected chi connectivity index (χ0v) is 12.1. The molecule has 106 valence electrons. The molecule has 0 spiro atoms. The first-order valence-corrected chi connectivity index (χ1v) is 7.21. The van der Waals surface area contributed by atoms with Crippen molar-refractivity contribution >= 4 is 0 Å². The number of allylic oxidation sites excluding steroid dienone is 2. The largest absolute Gasteiger partial charge is 0.389 e. The van der Waals surface area contributed by atoms with Gasteiger partial charge in [-0.15, -0.1) is 0 Å². The summed E-state index contributed by atoms with van der Waals surface area (Å²) < 4.78 is 5.64. The van der Waals surface area contributed by atoms with Crippen molar-refractivity contribution in [2.24, 2.45) is 17.8 Å². The van der Waals surface area contributed by atoms with Crippen molar-refractivity contribution in [3.05, 3.63) is 12.2 Å². The second-order valence-corrected chi connectivity index (χ2v) is 5.92. The van der Waals surface area contributed by atoms with Crippen LogP contribution in [-0.2, 0) is 4.74 Å². The minimum atomic E-state index is -0.391. The summed E-state index contributed by atoms with van der Waals surface area (Å²) in [5.41, 5.74) is 0. The highest BCUT2D eigenvalue weighted by Gasteiger charge is 2.18. The lowest BCUT2D eigenvalue weighted by atomic mass is 9.85. The Bertz CT molecular complexity index is 241. The first-order valence-electron chi connectivity index (χ1n) is 7.21. The van der Waals surface area contributed by atoms with Gasteiger partial charge in [0, 0.05) is 6.54 Å². The van der Waals surface area contributed by atoms with Crippen molar-refractivity contribution < 1.29 is 9.84 Å². The molecule has 0 bridgehead atoms. The van der Waals surface area contributed by atoms with E-state index in [0.29, 0.717) is 30.9 Å². The molecule has 18 heavy (non-hydrogen) atoms. The second kappa shape index (κ2) is 8.68. The molecule has 3 heteroatoms. The van der Waals surface area contributed by atoms with Crippen LogP contribution in [0.25, 0.3) is 0 Å². The van der Waals surface area contributed by atoms with Crippen LogP contribution in [0, 0.1) is 17.8 Å². The van der Waals surface area contributed by atoms with Gasteiger partial charge in [0.05, 0.1) is 19.3 Å². The van der Waals surface area contributed by atoms with Crippen LogP contribution in [0.5, 0.6) is 0 Å². The van der Waals surface area contributed by atoms with Crippen LogP contribution in [0.4, 0.5) is 0 Å². The minimum Gasteiger partial charge on any atom is -0.389 e. The number of aliphatic hydroxyl groups is 1. The van der Waals surface area contributed by atoms with Crippen LogP contribution in [-0.4, -0.2) is 37.5 Å². The molecule has 3 nitrogen and oxygen atoms in total. The van der Waals surface area contributed by atoms with Crippen LogP contribution in [0.3, 0.4) is 0 Å². The molecule has 0 aliphatic heterocycles. The van der Waals surface area contributed by atoms with Crippen molar-refractivity contribution in [3.8, 4) is 0 Å². The van der Waals surface area contributed by atoms with Crippen molar-refractivity contribution in [1.29, 1.82) is 0 Å². The molecule has 0 saturated carbocycles. The Morgan fingerprint density at radius 2 is 2.00 bits per heavy atom. The van der Waals surface area contributed by atoms with Crippen LogP contribution < -0.4 is 5.32 Å². The van der Waals surface area contributed by atoms with Gasteiger partial charge in [-0.05, 0) is 37.1 Å². The van der Waals surface area contributed by atoms with Crippen molar-refractivity contribution in [2.45, 2.75) is 39.7 Å². The summed E-state index contributed by atoms with van der Waals surface area (Å²) in [5, 5.41) is 13.0. The first kappa shape index (κ1) is 15.7. The second-order valence-electron chi connectivity index (χ2n) is 5.92. The van der Waals surface area contributed by atoms with Crippen molar-refractivity contribution in [2.75, 3.05) is 26.3 Å². The number of hydrogen-bond acceptors (Lipinski definition) is 3. The summed E-state index contributed by atoms with van der Waals surface area (Å²) in [4.78, 5) is 0. The zero-order chi connectivity index (χ0) is 13.4. The average Bonchev–Trinajstić information content (AvgIpc) is 2.31. The molecular formula is C15H29NO2. The molecule has 0 saturated heterocycles. The highest BCUT2D eigenvalue weighted by Crippen LogP contribution is 2.24. The lowest BCUT2D eigenvalue weighted by Crippen LogP contribution is -2.33. The predicted molar refractivity (Wildman–Crippen MR) is 75.6 cm³/mol. The van der Waals surface area contributed by atoms with Gasteiger partial charge >= 0.3 is 0 Å². The summed E-state index contributed by atoms with van der Waals surface area (Å²) in [7, 11) is 0. The molecule has 0 aromatic heterocycles. The first-order chi connectivity index (χ1) is 8.59. The van der Waals surface area contributed by atoms with E-state index in [-0.39, 0.29) is 0 Å². The van der Waals surface area contributed by atoms with E-state index in [4.69, 9.17) is 4.74 Å². The van der Waals surface area contributed by atoms with E-state index in [2.05, 4.69) is 38.2 Å². The van der Waals surface area contributed by atoms with Crippen molar-refractivity contribution in [3.63, 3.8) is 0 Å². The monoisotopic (exact) mass is 255 g/mol. The third-order valence-electron chi connectivity index (χ3n) is 3.49. The highest BCUT2D eigenvalue weighted by molar-refractivity contribution is 4.93. The Morgan fingerprint density at radius 1 is 1.28 bits per heavy atom. The Labute approximate surface area is 112 Å². The Hall–Kier alpha value is -0.380. The highest BCUT2D eigenvalue weighted by atomic mass is 16.5. The van der Waals surface area contributed by atoms with Gasteiger partial charge in [0.1, 0.15) is 0 Å². The van der Waals surface area contributed by atoms with Crippen LogP contribution >= 0.6 is 0 Å². The quantitative estimate of drug-likeness (QED) is 0.653. The topological polar surface area (TPSA) is 41.5 Å². The molecule has 0 amide bonds. The molecule has 3 unspecified atom stereocenters. The van der Waals surface area contributed by atoms with E-state index in [1.807, 2.05) is 0 Å². The normalized spacial score (nSPS) is 25.6. The Kier molecular flexibility index (Phi) is 7.56. The van der Waals surface area contributed by atoms with E-state index in [1.54, 1.807) is 0 Å². The van der Waals surface area contributed by atoms with Crippen LogP contribution in [0.1, 0.15) is 33.6 Å². The fourth-order valence-electron chi connectivity index (χ4n) is 2.19. The molecule has 0 aromatic rings. The summed E-state index contributed by atoms with van der Waals surface area (Å²) in [6.45, 7) is 9.38. The summed E-state index contributed by atoms with van der Waals surface area (Å²) >= 11 is 0. The maximum absolute atomic E-state index is 9.76. The van der Waals surface area contributed by atoms with Crippen molar-refractivity contribution in [1.82, 2.24) is 5.32 Å². The number of rotatable bonds is 8. The van der Waals surface area contributed by atoms with Gasteiger partial charge in [-0.2, -0.15) is 0 Å². The van der Waals surface area contributed by atoms with E-state index < -0.39 is 6.10 Å². The zero-order valence-electron chi connectivity index (χ0n) is 12.1. The van der Waals surface area contributed by atoms with Gasteiger partial charge in [0.25, 0.3) is 0 Å². The molecule has 1 aliphatic rings. The van der Waals surface area contributed by atoms with Gasteiger partial charge in [0.15, 0.2) is 0 Å². The fourth-order valence-corrected chi connectivity index (χ4v) is 2.19. The minimum absolute atomic E-state index is 0.391. The van der Waals surface area contributed by atoms with Gasteiger partial charge in [-0.25, -0.2) is 0 Å². The number of ether oxygens (including phenoxy) is 1. The maximum Gasteiger partial charge on any atom is 0.0897 e. The Balaban J connectivity index is 2.04. The summed E-state index contributed by atoms with van der Waals surface area (Å²) in [6, 6.07) is 0. The predicted octanol–water partition coefficient (Wildman–Crippen LogP) is 2.21. The number of hydrogen-bond donors (Lipinski definition) is 2. The van der Waals surface area contributed by atoms with Crippen LogP contribution in [0.15, 0.2) is 12.2 Å². The molecule has 3 atom stereocenters. The average molecular weight is 255 g/mol. The molecule has 0 radical (unpaired) electrons. The Morgan fingerprint density at radius 3 is 2.67 bits per heavy atom. The van der Waals surface area contributed by atoms with Gasteiger partial charge in [-0.1, -0.05) is 32.9 Å². The maximum atomic E-state index is 9.76. The molecule has 2 N–H and O–H groups in total. The lowest BCUT2D eigenvalue weighted by molar-refractivity contribution is 0.0127. The molecule has 1 rings (SSSR count).